The van der Waals surface area contributed by atoms with Gasteiger partial charge in [-0.25, -0.2) is 4.79 Å². The first-order valence-corrected chi connectivity index (χ1v) is 7.31. The standard InChI is InChI=1S/C14H26N2O3/c1-3-6-12(9-13(17)18)16-14(19)15-10(2)11-7-4-5-8-11/h10-12H,3-9H2,1-2H3,(H,17,18)(H2,15,16,19). The van der Waals surface area contributed by atoms with Gasteiger partial charge < -0.3 is 15.7 Å². The Hall–Kier alpha value is -1.26. The van der Waals surface area contributed by atoms with Crippen LogP contribution in [-0.2, 0) is 4.79 Å². The number of hydrogen-bond donors (Lipinski definition) is 3. The van der Waals surface area contributed by atoms with Crippen molar-refractivity contribution in [2.45, 2.75) is 70.9 Å². The van der Waals surface area contributed by atoms with Gasteiger partial charge in [-0.15, -0.1) is 0 Å². The van der Waals surface area contributed by atoms with Crippen LogP contribution < -0.4 is 10.6 Å². The lowest BCUT2D eigenvalue weighted by molar-refractivity contribution is -0.137. The topological polar surface area (TPSA) is 78.4 Å². The van der Waals surface area contributed by atoms with E-state index in [1.165, 1.54) is 25.7 Å². The van der Waals surface area contributed by atoms with E-state index in [0.717, 1.165) is 6.42 Å². The van der Waals surface area contributed by atoms with Crippen molar-refractivity contribution in [2.24, 2.45) is 5.92 Å². The highest BCUT2D eigenvalue weighted by molar-refractivity contribution is 5.76. The molecule has 0 heterocycles. The molecule has 0 spiro atoms. The molecular weight excluding hydrogens is 244 g/mol. The number of carbonyl (C=O) groups is 2. The molecule has 0 aromatic heterocycles. The number of carboxylic acid groups (broad SMARTS) is 1. The van der Waals surface area contributed by atoms with E-state index in [0.29, 0.717) is 12.3 Å². The molecule has 1 aliphatic carbocycles. The molecule has 5 nitrogen and oxygen atoms in total. The molecule has 5 heteroatoms. The third kappa shape index (κ3) is 5.94. The molecule has 2 unspecified atom stereocenters. The van der Waals surface area contributed by atoms with Crippen molar-refractivity contribution in [1.82, 2.24) is 10.6 Å². The highest BCUT2D eigenvalue weighted by Crippen LogP contribution is 2.27. The average Bonchev–Trinajstić information content (AvgIpc) is 2.81. The third-order valence-electron chi connectivity index (χ3n) is 3.86. The minimum atomic E-state index is -0.873. The smallest absolute Gasteiger partial charge is 0.315 e. The van der Waals surface area contributed by atoms with Crippen LogP contribution in [0.3, 0.4) is 0 Å². The first kappa shape index (κ1) is 15.8. The van der Waals surface area contributed by atoms with Crippen LogP contribution in [0.25, 0.3) is 0 Å². The van der Waals surface area contributed by atoms with Crippen LogP contribution in [0.4, 0.5) is 4.79 Å². The molecule has 110 valence electrons. The summed E-state index contributed by atoms with van der Waals surface area (Å²) in [4.78, 5) is 22.6. The van der Waals surface area contributed by atoms with E-state index in [1.807, 2.05) is 13.8 Å². The summed E-state index contributed by atoms with van der Waals surface area (Å²) in [5.41, 5.74) is 0. The molecule has 3 N–H and O–H groups in total. The van der Waals surface area contributed by atoms with Gasteiger partial charge >= 0.3 is 12.0 Å². The van der Waals surface area contributed by atoms with Gasteiger partial charge in [0.2, 0.25) is 0 Å². The number of rotatable bonds is 7. The van der Waals surface area contributed by atoms with Gasteiger partial charge in [-0.3, -0.25) is 4.79 Å². The van der Waals surface area contributed by atoms with Crippen molar-refractivity contribution in [2.75, 3.05) is 0 Å². The van der Waals surface area contributed by atoms with E-state index in [9.17, 15) is 9.59 Å². The van der Waals surface area contributed by atoms with E-state index < -0.39 is 5.97 Å². The third-order valence-corrected chi connectivity index (χ3v) is 3.86. The van der Waals surface area contributed by atoms with Crippen molar-refractivity contribution in [3.05, 3.63) is 0 Å². The molecule has 0 radical (unpaired) electrons. The average molecular weight is 270 g/mol. The summed E-state index contributed by atoms with van der Waals surface area (Å²) in [6, 6.07) is -0.355. The monoisotopic (exact) mass is 270 g/mol. The molecule has 2 atom stereocenters. The molecule has 1 aliphatic rings. The second-order valence-electron chi connectivity index (χ2n) is 5.53. The Labute approximate surface area is 115 Å². The summed E-state index contributed by atoms with van der Waals surface area (Å²) in [6.45, 7) is 4.01. The predicted molar refractivity (Wildman–Crippen MR) is 74.0 cm³/mol. The minimum absolute atomic E-state index is 0.0148. The molecule has 2 amide bonds. The molecule has 1 saturated carbocycles. The maximum atomic E-state index is 11.9. The molecule has 0 saturated heterocycles. The zero-order valence-corrected chi connectivity index (χ0v) is 11.9. The number of amides is 2. The Bertz CT molecular complexity index is 301. The first-order chi connectivity index (χ1) is 9.02. The molecule has 1 fully saturated rings. The van der Waals surface area contributed by atoms with Crippen LogP contribution in [0.2, 0.25) is 0 Å². The van der Waals surface area contributed by atoms with Crippen LogP contribution in [0.1, 0.15) is 58.8 Å². The molecule has 0 bridgehead atoms. The van der Waals surface area contributed by atoms with Gasteiger partial charge in [0.25, 0.3) is 0 Å². The lowest BCUT2D eigenvalue weighted by atomic mass is 10.00. The summed E-state index contributed by atoms with van der Waals surface area (Å²) in [6.07, 6.45) is 6.38. The molecule has 0 aliphatic heterocycles. The normalized spacial score (nSPS) is 18.8. The van der Waals surface area contributed by atoms with Crippen molar-refractivity contribution in [3.8, 4) is 0 Å². The lowest BCUT2D eigenvalue weighted by Crippen LogP contribution is -2.47. The summed E-state index contributed by atoms with van der Waals surface area (Å²) in [7, 11) is 0. The highest BCUT2D eigenvalue weighted by Gasteiger charge is 2.23. The second kappa shape index (κ2) is 8.02. The van der Waals surface area contributed by atoms with E-state index in [2.05, 4.69) is 10.6 Å². The first-order valence-electron chi connectivity index (χ1n) is 7.31. The van der Waals surface area contributed by atoms with Gasteiger partial charge in [-0.2, -0.15) is 0 Å². The summed E-state index contributed by atoms with van der Waals surface area (Å²) < 4.78 is 0. The molecule has 1 rings (SSSR count). The van der Waals surface area contributed by atoms with Gasteiger partial charge in [-0.05, 0) is 32.1 Å². The Kier molecular flexibility index (Phi) is 6.67. The van der Waals surface area contributed by atoms with Crippen molar-refractivity contribution in [1.29, 1.82) is 0 Å². The van der Waals surface area contributed by atoms with Crippen LogP contribution in [0.5, 0.6) is 0 Å². The molecule has 19 heavy (non-hydrogen) atoms. The summed E-state index contributed by atoms with van der Waals surface area (Å²) in [5, 5.41) is 14.5. The van der Waals surface area contributed by atoms with Crippen LogP contribution >= 0.6 is 0 Å². The molecule has 0 aromatic carbocycles. The summed E-state index contributed by atoms with van der Waals surface area (Å²) in [5.74, 6) is -0.308. The van der Waals surface area contributed by atoms with Crippen LogP contribution in [-0.4, -0.2) is 29.2 Å². The van der Waals surface area contributed by atoms with Crippen molar-refractivity contribution < 1.29 is 14.7 Å². The Morgan fingerprint density at radius 1 is 1.26 bits per heavy atom. The van der Waals surface area contributed by atoms with Gasteiger partial charge in [-0.1, -0.05) is 26.2 Å². The predicted octanol–water partition coefficient (Wildman–Crippen LogP) is 2.51. The number of nitrogens with one attached hydrogen (secondary N) is 2. The molecule has 0 aromatic rings. The number of carboxylic acids is 1. The minimum Gasteiger partial charge on any atom is -0.481 e. The van der Waals surface area contributed by atoms with Gasteiger partial charge in [0.05, 0.1) is 6.42 Å². The van der Waals surface area contributed by atoms with Crippen LogP contribution in [0, 0.1) is 5.92 Å². The van der Waals surface area contributed by atoms with Gasteiger partial charge in [0, 0.05) is 12.1 Å². The van der Waals surface area contributed by atoms with Crippen molar-refractivity contribution in [3.63, 3.8) is 0 Å². The number of urea groups is 1. The maximum Gasteiger partial charge on any atom is 0.315 e. The van der Waals surface area contributed by atoms with Gasteiger partial charge in [0.15, 0.2) is 0 Å². The SMILES string of the molecule is CCCC(CC(=O)O)NC(=O)NC(C)C1CCCC1. The van der Waals surface area contributed by atoms with Gasteiger partial charge in [0.1, 0.15) is 0 Å². The second-order valence-corrected chi connectivity index (χ2v) is 5.53. The Balaban J connectivity index is 2.36. The number of carbonyl (C=O) groups excluding carboxylic acids is 1. The fraction of sp³-hybridized carbons (Fsp3) is 0.857. The highest BCUT2D eigenvalue weighted by atomic mass is 16.4. The fourth-order valence-corrected chi connectivity index (χ4v) is 2.79. The molecular formula is C14H26N2O3. The number of hydrogen-bond acceptors (Lipinski definition) is 2. The zero-order chi connectivity index (χ0) is 14.3. The van der Waals surface area contributed by atoms with E-state index >= 15 is 0 Å². The van der Waals surface area contributed by atoms with E-state index in [4.69, 9.17) is 5.11 Å². The maximum absolute atomic E-state index is 11.9. The largest absolute Gasteiger partial charge is 0.481 e. The van der Waals surface area contributed by atoms with Crippen LogP contribution in [0.15, 0.2) is 0 Å². The Morgan fingerprint density at radius 3 is 2.42 bits per heavy atom. The quantitative estimate of drug-likeness (QED) is 0.665. The number of aliphatic carboxylic acids is 1. The zero-order valence-electron chi connectivity index (χ0n) is 11.9. The van der Waals surface area contributed by atoms with E-state index in [1.54, 1.807) is 0 Å². The fourth-order valence-electron chi connectivity index (χ4n) is 2.79. The Morgan fingerprint density at radius 2 is 1.89 bits per heavy atom. The lowest BCUT2D eigenvalue weighted by Gasteiger charge is -2.23. The van der Waals surface area contributed by atoms with Crippen molar-refractivity contribution >= 4 is 12.0 Å². The van der Waals surface area contributed by atoms with E-state index in [-0.39, 0.29) is 24.5 Å². The summed E-state index contributed by atoms with van der Waals surface area (Å²) >= 11 is 0.